The van der Waals surface area contributed by atoms with Gasteiger partial charge in [-0.1, -0.05) is 82.7 Å². The molecule has 0 atom stereocenters. The van der Waals surface area contributed by atoms with Gasteiger partial charge < -0.3 is 0 Å². The van der Waals surface area contributed by atoms with Gasteiger partial charge in [0.2, 0.25) is 0 Å². The number of carbonyl (C=O) groups excluding carboxylic acids is 1. The van der Waals surface area contributed by atoms with Crippen molar-refractivity contribution in [3.05, 3.63) is 101 Å². The maximum atomic E-state index is 12.4. The van der Waals surface area contributed by atoms with E-state index in [9.17, 15) is 4.79 Å². The minimum atomic E-state index is 0.00528. The van der Waals surface area contributed by atoms with Gasteiger partial charge in [-0.3, -0.25) is 4.79 Å². The molecule has 0 aliphatic heterocycles. The van der Waals surface area contributed by atoms with Crippen molar-refractivity contribution in [2.75, 3.05) is 0 Å². The fourth-order valence-electron chi connectivity index (χ4n) is 2.32. The van der Waals surface area contributed by atoms with E-state index in [4.69, 9.17) is 0 Å². The van der Waals surface area contributed by atoms with Crippen LogP contribution in [0.1, 0.15) is 15.9 Å². The maximum Gasteiger partial charge on any atom is 0.185 e. The Kier molecular flexibility index (Phi) is 4.84. The van der Waals surface area contributed by atoms with Crippen molar-refractivity contribution in [3.8, 4) is 11.1 Å². The second kappa shape index (κ2) is 7.21. The van der Waals surface area contributed by atoms with Gasteiger partial charge in [0.25, 0.3) is 0 Å². The summed E-state index contributed by atoms with van der Waals surface area (Å²) in [6.45, 7) is 0. The number of allylic oxidation sites excluding steroid dienone is 1. The lowest BCUT2D eigenvalue weighted by Crippen LogP contribution is -1.94. The summed E-state index contributed by atoms with van der Waals surface area (Å²) in [6.07, 6.45) is 3.46. The standard InChI is InChI=1S/C21H15BrO/c22-20-12-9-16(10-13-20)11-14-21(23)19-8-4-7-18(15-19)17-5-2-1-3-6-17/h1-15H/b14-11+. The van der Waals surface area contributed by atoms with Gasteiger partial charge in [0, 0.05) is 10.0 Å². The van der Waals surface area contributed by atoms with Crippen molar-refractivity contribution in [2.45, 2.75) is 0 Å². The number of rotatable bonds is 4. The predicted octanol–water partition coefficient (Wildman–Crippen LogP) is 6.01. The van der Waals surface area contributed by atoms with Crippen molar-refractivity contribution in [2.24, 2.45) is 0 Å². The Hall–Kier alpha value is -2.45. The number of ketones is 1. The van der Waals surface area contributed by atoms with Gasteiger partial charge in [0.05, 0.1) is 0 Å². The molecule has 0 bridgehead atoms. The van der Waals surface area contributed by atoms with Crippen LogP contribution in [0, 0.1) is 0 Å². The van der Waals surface area contributed by atoms with Crippen molar-refractivity contribution >= 4 is 27.8 Å². The third kappa shape index (κ3) is 4.05. The highest BCUT2D eigenvalue weighted by Gasteiger charge is 2.04. The molecule has 0 aliphatic rings. The number of hydrogen-bond donors (Lipinski definition) is 0. The molecule has 0 heterocycles. The van der Waals surface area contributed by atoms with Gasteiger partial charge in [0.1, 0.15) is 0 Å². The average Bonchev–Trinajstić information content (AvgIpc) is 2.62. The summed E-state index contributed by atoms with van der Waals surface area (Å²) in [6, 6.07) is 25.6. The lowest BCUT2D eigenvalue weighted by Gasteiger charge is -2.03. The quantitative estimate of drug-likeness (QED) is 0.410. The highest BCUT2D eigenvalue weighted by Crippen LogP contribution is 2.20. The molecule has 0 radical (unpaired) electrons. The molecule has 0 fully saturated rings. The summed E-state index contributed by atoms with van der Waals surface area (Å²) in [5, 5.41) is 0. The Bertz CT molecular complexity index is 833. The molecular weight excluding hydrogens is 348 g/mol. The number of halogens is 1. The fourth-order valence-corrected chi connectivity index (χ4v) is 2.59. The Morgan fingerprint density at radius 3 is 2.22 bits per heavy atom. The van der Waals surface area contributed by atoms with Crippen LogP contribution in [0.25, 0.3) is 17.2 Å². The lowest BCUT2D eigenvalue weighted by molar-refractivity contribution is 0.104. The van der Waals surface area contributed by atoms with Crippen molar-refractivity contribution < 1.29 is 4.79 Å². The van der Waals surface area contributed by atoms with E-state index in [0.29, 0.717) is 5.56 Å². The molecule has 2 heteroatoms. The van der Waals surface area contributed by atoms with E-state index in [-0.39, 0.29) is 5.78 Å². The zero-order chi connectivity index (χ0) is 16.1. The molecule has 0 amide bonds. The minimum Gasteiger partial charge on any atom is -0.289 e. The van der Waals surface area contributed by atoms with E-state index in [1.54, 1.807) is 6.08 Å². The topological polar surface area (TPSA) is 17.1 Å². The van der Waals surface area contributed by atoms with Gasteiger partial charge in [-0.25, -0.2) is 0 Å². The molecule has 3 aromatic carbocycles. The maximum absolute atomic E-state index is 12.4. The van der Waals surface area contributed by atoms with Gasteiger partial charge in [-0.2, -0.15) is 0 Å². The van der Waals surface area contributed by atoms with E-state index < -0.39 is 0 Å². The second-order valence-electron chi connectivity index (χ2n) is 5.20. The Morgan fingerprint density at radius 1 is 0.783 bits per heavy atom. The largest absolute Gasteiger partial charge is 0.289 e. The Balaban J connectivity index is 1.81. The van der Waals surface area contributed by atoms with Gasteiger partial charge in [-0.15, -0.1) is 0 Å². The van der Waals surface area contributed by atoms with Crippen LogP contribution >= 0.6 is 15.9 Å². The molecule has 0 saturated heterocycles. The van der Waals surface area contributed by atoms with E-state index in [1.165, 1.54) is 0 Å². The Labute approximate surface area is 144 Å². The second-order valence-corrected chi connectivity index (χ2v) is 6.11. The lowest BCUT2D eigenvalue weighted by atomic mass is 10.0. The molecule has 3 aromatic rings. The summed E-state index contributed by atoms with van der Waals surface area (Å²) in [5.74, 6) is 0.00528. The number of carbonyl (C=O) groups is 1. The SMILES string of the molecule is O=C(/C=C/c1ccc(Br)cc1)c1cccc(-c2ccccc2)c1. The summed E-state index contributed by atoms with van der Waals surface area (Å²) in [4.78, 5) is 12.4. The van der Waals surface area contributed by atoms with E-state index in [1.807, 2.05) is 84.9 Å². The summed E-state index contributed by atoms with van der Waals surface area (Å²) >= 11 is 3.40. The molecule has 3 rings (SSSR count). The molecule has 112 valence electrons. The molecule has 1 nitrogen and oxygen atoms in total. The summed E-state index contributed by atoms with van der Waals surface area (Å²) < 4.78 is 1.02. The first kappa shape index (κ1) is 15.4. The van der Waals surface area contributed by atoms with Crippen LogP contribution in [-0.2, 0) is 0 Å². The minimum absolute atomic E-state index is 0.00528. The molecule has 0 spiro atoms. The van der Waals surface area contributed by atoms with Crippen LogP contribution < -0.4 is 0 Å². The van der Waals surface area contributed by atoms with Crippen LogP contribution in [-0.4, -0.2) is 5.78 Å². The third-order valence-corrected chi connectivity index (χ3v) is 4.08. The third-order valence-electron chi connectivity index (χ3n) is 3.55. The molecule has 23 heavy (non-hydrogen) atoms. The van der Waals surface area contributed by atoms with Gasteiger partial charge in [0.15, 0.2) is 5.78 Å². The van der Waals surface area contributed by atoms with E-state index >= 15 is 0 Å². The first-order valence-corrected chi connectivity index (χ1v) is 8.15. The highest BCUT2D eigenvalue weighted by molar-refractivity contribution is 9.10. The van der Waals surface area contributed by atoms with Gasteiger partial charge >= 0.3 is 0 Å². The van der Waals surface area contributed by atoms with Crippen molar-refractivity contribution in [3.63, 3.8) is 0 Å². The van der Waals surface area contributed by atoms with Crippen LogP contribution in [0.15, 0.2) is 89.4 Å². The normalized spacial score (nSPS) is 10.8. The zero-order valence-electron chi connectivity index (χ0n) is 12.4. The van der Waals surface area contributed by atoms with Crippen molar-refractivity contribution in [1.82, 2.24) is 0 Å². The van der Waals surface area contributed by atoms with Crippen LogP contribution in [0.5, 0.6) is 0 Å². The van der Waals surface area contributed by atoms with E-state index in [0.717, 1.165) is 21.2 Å². The molecule has 0 aliphatic carbocycles. The van der Waals surface area contributed by atoms with Crippen LogP contribution in [0.4, 0.5) is 0 Å². The number of hydrogen-bond acceptors (Lipinski definition) is 1. The fraction of sp³-hybridized carbons (Fsp3) is 0. The highest BCUT2D eigenvalue weighted by atomic mass is 79.9. The number of benzene rings is 3. The predicted molar refractivity (Wildman–Crippen MR) is 99.4 cm³/mol. The molecular formula is C21H15BrO. The first-order chi connectivity index (χ1) is 11.2. The molecule has 0 unspecified atom stereocenters. The van der Waals surface area contributed by atoms with Crippen molar-refractivity contribution in [1.29, 1.82) is 0 Å². The monoisotopic (exact) mass is 362 g/mol. The zero-order valence-corrected chi connectivity index (χ0v) is 14.0. The summed E-state index contributed by atoms with van der Waals surface area (Å²) in [5.41, 5.74) is 3.85. The van der Waals surface area contributed by atoms with Crippen LogP contribution in [0.2, 0.25) is 0 Å². The van der Waals surface area contributed by atoms with Crippen LogP contribution in [0.3, 0.4) is 0 Å². The first-order valence-electron chi connectivity index (χ1n) is 7.36. The van der Waals surface area contributed by atoms with Gasteiger partial charge in [-0.05, 0) is 41.0 Å². The average molecular weight is 363 g/mol. The Morgan fingerprint density at radius 2 is 1.48 bits per heavy atom. The molecule has 0 saturated carbocycles. The summed E-state index contributed by atoms with van der Waals surface area (Å²) in [7, 11) is 0. The molecule has 0 N–H and O–H groups in total. The molecule has 0 aromatic heterocycles. The van der Waals surface area contributed by atoms with E-state index in [2.05, 4.69) is 15.9 Å². The smallest absolute Gasteiger partial charge is 0.185 e.